The van der Waals surface area contributed by atoms with E-state index in [1.807, 2.05) is 12.1 Å². The smallest absolute Gasteiger partial charge is 0.188 e. The first-order valence-corrected chi connectivity index (χ1v) is 7.39. The Hall–Kier alpha value is -1.17. The summed E-state index contributed by atoms with van der Waals surface area (Å²) < 4.78 is 14.9. The first-order valence-electron chi connectivity index (χ1n) is 5.40. The average Bonchev–Trinajstić information content (AvgIpc) is 2.74. The number of rotatable bonds is 2. The van der Waals surface area contributed by atoms with Crippen LogP contribution in [0.1, 0.15) is 0 Å². The van der Waals surface area contributed by atoms with Gasteiger partial charge < -0.3 is 5.32 Å². The molecule has 0 atom stereocenters. The Morgan fingerprint density at radius 3 is 2.84 bits per heavy atom. The molecule has 19 heavy (non-hydrogen) atoms. The molecule has 0 saturated heterocycles. The van der Waals surface area contributed by atoms with Crippen LogP contribution in [0.25, 0.3) is 10.2 Å². The van der Waals surface area contributed by atoms with Crippen molar-refractivity contribution in [1.29, 1.82) is 0 Å². The van der Waals surface area contributed by atoms with Crippen molar-refractivity contribution in [3.63, 3.8) is 0 Å². The molecular weight excluding hydrogens is 351 g/mol. The van der Waals surface area contributed by atoms with E-state index in [9.17, 15) is 4.39 Å². The summed E-state index contributed by atoms with van der Waals surface area (Å²) in [5, 5.41) is 4.42. The van der Waals surface area contributed by atoms with E-state index in [2.05, 4.69) is 26.2 Å². The molecule has 0 saturated carbocycles. The van der Waals surface area contributed by atoms with Gasteiger partial charge in [-0.1, -0.05) is 38.9 Å². The molecule has 1 heterocycles. The van der Waals surface area contributed by atoms with Crippen LogP contribution in [-0.4, -0.2) is 4.98 Å². The lowest BCUT2D eigenvalue weighted by atomic mass is 10.3. The molecule has 96 valence electrons. The van der Waals surface area contributed by atoms with Crippen LogP contribution in [0, 0.1) is 5.82 Å². The van der Waals surface area contributed by atoms with Crippen LogP contribution in [0.4, 0.5) is 15.2 Å². The van der Waals surface area contributed by atoms with Gasteiger partial charge >= 0.3 is 0 Å². The highest BCUT2D eigenvalue weighted by atomic mass is 79.9. The standard InChI is InChI=1S/C13H7BrClFN2S/c14-7-1-3-10(9(15)5-7)17-13-18-11-6-8(16)2-4-12(11)19-13/h1-6H,(H,17,18). The normalized spacial score (nSPS) is 10.9. The van der Waals surface area contributed by atoms with Crippen LogP contribution in [-0.2, 0) is 0 Å². The van der Waals surface area contributed by atoms with Gasteiger partial charge in [-0.05, 0) is 30.3 Å². The van der Waals surface area contributed by atoms with E-state index < -0.39 is 0 Å². The molecule has 3 rings (SSSR count). The van der Waals surface area contributed by atoms with E-state index in [4.69, 9.17) is 11.6 Å². The molecule has 0 aliphatic heterocycles. The molecule has 0 unspecified atom stereocenters. The SMILES string of the molecule is Fc1ccc2sc(Nc3ccc(Br)cc3Cl)nc2c1. The second kappa shape index (κ2) is 5.07. The van der Waals surface area contributed by atoms with Crippen LogP contribution in [0.15, 0.2) is 40.9 Å². The summed E-state index contributed by atoms with van der Waals surface area (Å²) in [4.78, 5) is 4.33. The third-order valence-corrected chi connectivity index (χ3v) is 4.28. The summed E-state index contributed by atoms with van der Waals surface area (Å²) in [5.41, 5.74) is 1.41. The zero-order chi connectivity index (χ0) is 13.4. The molecule has 2 aromatic carbocycles. The van der Waals surface area contributed by atoms with E-state index >= 15 is 0 Å². The number of nitrogens with one attached hydrogen (secondary N) is 1. The minimum atomic E-state index is -0.286. The fraction of sp³-hybridized carbons (Fsp3) is 0. The van der Waals surface area contributed by atoms with E-state index in [1.54, 1.807) is 12.1 Å². The van der Waals surface area contributed by atoms with Gasteiger partial charge in [-0.25, -0.2) is 9.37 Å². The summed E-state index contributed by atoms with van der Waals surface area (Å²) in [5.74, 6) is -0.286. The number of fused-ring (bicyclic) bond motifs is 1. The van der Waals surface area contributed by atoms with Gasteiger partial charge in [0.1, 0.15) is 5.82 Å². The Labute approximate surface area is 126 Å². The molecule has 0 spiro atoms. The first-order chi connectivity index (χ1) is 9.11. The van der Waals surface area contributed by atoms with Crippen LogP contribution in [0.2, 0.25) is 5.02 Å². The van der Waals surface area contributed by atoms with Gasteiger partial charge in [0.15, 0.2) is 5.13 Å². The van der Waals surface area contributed by atoms with Crippen LogP contribution in [0.3, 0.4) is 0 Å². The van der Waals surface area contributed by atoms with Crippen molar-refractivity contribution in [3.05, 3.63) is 51.7 Å². The van der Waals surface area contributed by atoms with Crippen molar-refractivity contribution in [1.82, 2.24) is 4.98 Å². The van der Waals surface area contributed by atoms with Crippen LogP contribution >= 0.6 is 38.9 Å². The number of hydrogen-bond acceptors (Lipinski definition) is 3. The molecule has 2 nitrogen and oxygen atoms in total. The molecule has 0 aliphatic carbocycles. The molecule has 3 aromatic rings. The van der Waals surface area contributed by atoms with E-state index in [0.717, 1.165) is 14.9 Å². The molecule has 1 aromatic heterocycles. The van der Waals surface area contributed by atoms with Crippen molar-refractivity contribution >= 4 is 59.9 Å². The van der Waals surface area contributed by atoms with Crippen LogP contribution < -0.4 is 5.32 Å². The predicted molar refractivity (Wildman–Crippen MR) is 82.0 cm³/mol. The summed E-state index contributed by atoms with van der Waals surface area (Å²) in [6.07, 6.45) is 0. The lowest BCUT2D eigenvalue weighted by Gasteiger charge is -2.04. The Bertz CT molecular complexity index is 759. The number of nitrogens with zero attached hydrogens (tertiary/aromatic N) is 1. The molecule has 1 N–H and O–H groups in total. The van der Waals surface area contributed by atoms with E-state index in [0.29, 0.717) is 15.7 Å². The maximum Gasteiger partial charge on any atom is 0.188 e. The lowest BCUT2D eigenvalue weighted by Crippen LogP contribution is -1.89. The van der Waals surface area contributed by atoms with Crippen molar-refractivity contribution in [2.75, 3.05) is 5.32 Å². The van der Waals surface area contributed by atoms with Crippen molar-refractivity contribution in [2.24, 2.45) is 0 Å². The lowest BCUT2D eigenvalue weighted by molar-refractivity contribution is 0.629. The summed E-state index contributed by atoms with van der Waals surface area (Å²) in [7, 11) is 0. The zero-order valence-electron chi connectivity index (χ0n) is 9.45. The van der Waals surface area contributed by atoms with Gasteiger partial charge in [-0.2, -0.15) is 0 Å². The number of hydrogen-bond donors (Lipinski definition) is 1. The van der Waals surface area contributed by atoms with E-state index in [-0.39, 0.29) is 5.82 Å². The van der Waals surface area contributed by atoms with Gasteiger partial charge in [0.05, 0.1) is 20.9 Å². The highest BCUT2D eigenvalue weighted by Gasteiger charge is 2.07. The predicted octanol–water partition coefficient (Wildman–Crippen LogP) is 5.59. The van der Waals surface area contributed by atoms with E-state index in [1.165, 1.54) is 23.5 Å². The average molecular weight is 358 g/mol. The number of halogens is 3. The molecule has 0 bridgehead atoms. The van der Waals surface area contributed by atoms with Crippen molar-refractivity contribution in [2.45, 2.75) is 0 Å². The number of thiazole rings is 1. The van der Waals surface area contributed by atoms with Gasteiger partial charge in [-0.15, -0.1) is 0 Å². The summed E-state index contributed by atoms with van der Waals surface area (Å²) in [6.45, 7) is 0. The highest BCUT2D eigenvalue weighted by molar-refractivity contribution is 9.10. The minimum Gasteiger partial charge on any atom is -0.330 e. The zero-order valence-corrected chi connectivity index (χ0v) is 12.6. The van der Waals surface area contributed by atoms with Crippen LogP contribution in [0.5, 0.6) is 0 Å². The van der Waals surface area contributed by atoms with Crippen molar-refractivity contribution < 1.29 is 4.39 Å². The summed E-state index contributed by atoms with van der Waals surface area (Å²) >= 11 is 10.9. The fourth-order valence-electron chi connectivity index (χ4n) is 1.66. The quantitative estimate of drug-likeness (QED) is 0.646. The van der Waals surface area contributed by atoms with Gasteiger partial charge in [0.25, 0.3) is 0 Å². The fourth-order valence-corrected chi connectivity index (χ4v) is 3.24. The second-order valence-corrected chi connectivity index (χ2v) is 6.23. The van der Waals surface area contributed by atoms with Gasteiger partial charge in [0.2, 0.25) is 0 Å². The minimum absolute atomic E-state index is 0.286. The largest absolute Gasteiger partial charge is 0.330 e. The Balaban J connectivity index is 1.96. The summed E-state index contributed by atoms with van der Waals surface area (Å²) in [6, 6.07) is 10.1. The molecular formula is C13H7BrClFN2S. The topological polar surface area (TPSA) is 24.9 Å². The third kappa shape index (κ3) is 2.73. The second-order valence-electron chi connectivity index (χ2n) is 3.88. The number of anilines is 2. The number of benzene rings is 2. The van der Waals surface area contributed by atoms with Gasteiger partial charge in [0, 0.05) is 10.5 Å². The maximum absolute atomic E-state index is 13.1. The monoisotopic (exact) mass is 356 g/mol. The molecule has 0 aliphatic rings. The Morgan fingerprint density at radius 2 is 2.05 bits per heavy atom. The molecule has 0 amide bonds. The third-order valence-electron chi connectivity index (χ3n) is 2.52. The maximum atomic E-state index is 13.1. The highest BCUT2D eigenvalue weighted by Crippen LogP contribution is 2.32. The first kappa shape index (κ1) is 12.8. The molecule has 0 fully saturated rings. The Kier molecular flexibility index (Phi) is 3.43. The van der Waals surface area contributed by atoms with Crippen molar-refractivity contribution in [3.8, 4) is 0 Å². The molecule has 6 heteroatoms. The number of aromatic nitrogens is 1. The van der Waals surface area contributed by atoms with Gasteiger partial charge in [-0.3, -0.25) is 0 Å². The molecule has 0 radical (unpaired) electrons. The Morgan fingerprint density at radius 1 is 1.21 bits per heavy atom.